The Bertz CT molecular complexity index is 1140. The van der Waals surface area contributed by atoms with Gasteiger partial charge in [0.05, 0.1) is 18.7 Å². The van der Waals surface area contributed by atoms with E-state index in [9.17, 15) is 9.90 Å². The molecule has 30 heavy (non-hydrogen) atoms. The molecule has 1 aromatic heterocycles. The first-order chi connectivity index (χ1) is 14.7. The quantitative estimate of drug-likeness (QED) is 0.341. The third kappa shape index (κ3) is 4.23. The van der Waals surface area contributed by atoms with E-state index in [0.717, 1.165) is 57.4 Å². The van der Waals surface area contributed by atoms with Crippen LogP contribution in [-0.2, 0) is 11.2 Å². The third-order valence-corrected chi connectivity index (χ3v) is 5.25. The summed E-state index contributed by atoms with van der Waals surface area (Å²) in [7, 11) is 0. The van der Waals surface area contributed by atoms with Crippen molar-refractivity contribution in [2.24, 2.45) is 0 Å². The van der Waals surface area contributed by atoms with Crippen LogP contribution in [0, 0.1) is 0 Å². The van der Waals surface area contributed by atoms with Crippen molar-refractivity contribution in [1.29, 1.82) is 0 Å². The lowest BCUT2D eigenvalue weighted by molar-refractivity contribution is -0.136. The third-order valence-electron chi connectivity index (χ3n) is 5.25. The van der Waals surface area contributed by atoms with Gasteiger partial charge < -0.3 is 14.8 Å². The normalized spacial score (nSPS) is 11.0. The minimum atomic E-state index is -0.852. The van der Waals surface area contributed by atoms with Crippen molar-refractivity contribution in [3.05, 3.63) is 78.4 Å². The Balaban J connectivity index is 1.73. The van der Waals surface area contributed by atoms with E-state index in [4.69, 9.17) is 4.74 Å². The molecular formula is C26H25NO3. The number of hydrogen-bond acceptors (Lipinski definition) is 2. The molecule has 152 valence electrons. The van der Waals surface area contributed by atoms with Gasteiger partial charge in [-0.15, -0.1) is 0 Å². The van der Waals surface area contributed by atoms with E-state index in [1.165, 1.54) is 0 Å². The van der Waals surface area contributed by atoms with Crippen LogP contribution < -0.4 is 4.74 Å². The van der Waals surface area contributed by atoms with Gasteiger partial charge in [-0.05, 0) is 46.9 Å². The summed E-state index contributed by atoms with van der Waals surface area (Å²) in [6.07, 6.45) is 2.01. The number of carboxylic acid groups (broad SMARTS) is 1. The second kappa shape index (κ2) is 8.87. The molecule has 4 nitrogen and oxygen atoms in total. The fraction of sp³-hybridized carbons (Fsp3) is 0.192. The van der Waals surface area contributed by atoms with E-state index in [1.807, 2.05) is 48.5 Å². The first-order valence-electron chi connectivity index (χ1n) is 10.3. The predicted octanol–water partition coefficient (Wildman–Crippen LogP) is 6.31. The highest BCUT2D eigenvalue weighted by molar-refractivity contribution is 5.94. The number of carboxylic acids is 1. The number of ether oxygens (including phenoxy) is 1. The van der Waals surface area contributed by atoms with Gasteiger partial charge in [-0.1, -0.05) is 67.9 Å². The molecule has 0 aliphatic rings. The highest BCUT2D eigenvalue weighted by atomic mass is 16.5. The van der Waals surface area contributed by atoms with Crippen molar-refractivity contribution in [2.75, 3.05) is 6.61 Å². The molecule has 4 heteroatoms. The molecule has 0 radical (unpaired) electrons. The fourth-order valence-corrected chi connectivity index (χ4v) is 3.69. The van der Waals surface area contributed by atoms with Gasteiger partial charge in [0.2, 0.25) is 0 Å². The lowest BCUT2D eigenvalue weighted by atomic mass is 9.99. The first-order valence-corrected chi connectivity index (χ1v) is 10.3. The van der Waals surface area contributed by atoms with Crippen LogP contribution >= 0.6 is 0 Å². The average molecular weight is 399 g/mol. The van der Waals surface area contributed by atoms with Crippen LogP contribution in [0.1, 0.15) is 25.3 Å². The van der Waals surface area contributed by atoms with E-state index < -0.39 is 5.97 Å². The highest BCUT2D eigenvalue weighted by Gasteiger charge is 2.17. The number of benzene rings is 3. The Kier molecular flexibility index (Phi) is 5.84. The van der Waals surface area contributed by atoms with Crippen LogP contribution in [0.25, 0.3) is 33.3 Å². The molecule has 0 fully saturated rings. The molecule has 1 heterocycles. The standard InChI is InChI=1S/C26H25NO3/c1-2-3-15-30-21-13-14-24-22(16-21)23(17-25(28)29)26(27-24)20-11-9-19(10-12-20)18-7-5-4-6-8-18/h4-14,16,27H,2-3,15,17H2,1H3,(H,28,29). The van der Waals surface area contributed by atoms with Crippen molar-refractivity contribution in [3.63, 3.8) is 0 Å². The maximum Gasteiger partial charge on any atom is 0.307 e. The van der Waals surface area contributed by atoms with Gasteiger partial charge in [-0.2, -0.15) is 0 Å². The van der Waals surface area contributed by atoms with Crippen molar-refractivity contribution >= 4 is 16.9 Å². The van der Waals surface area contributed by atoms with Gasteiger partial charge in [-0.25, -0.2) is 0 Å². The van der Waals surface area contributed by atoms with Gasteiger partial charge in [-0.3, -0.25) is 4.79 Å². The molecule has 2 N–H and O–H groups in total. The molecule has 0 saturated carbocycles. The van der Waals surface area contributed by atoms with E-state index in [-0.39, 0.29) is 6.42 Å². The summed E-state index contributed by atoms with van der Waals surface area (Å²) in [6.45, 7) is 2.79. The molecule has 4 rings (SSSR count). The SMILES string of the molecule is CCCCOc1ccc2[nH]c(-c3ccc(-c4ccccc4)cc3)c(CC(=O)O)c2c1. The van der Waals surface area contributed by atoms with Crippen LogP contribution in [-0.4, -0.2) is 22.7 Å². The molecular weight excluding hydrogens is 374 g/mol. The Morgan fingerprint density at radius 2 is 1.63 bits per heavy atom. The van der Waals surface area contributed by atoms with E-state index >= 15 is 0 Å². The molecule has 0 atom stereocenters. The summed E-state index contributed by atoms with van der Waals surface area (Å²) in [5.41, 5.74) is 5.79. The summed E-state index contributed by atoms with van der Waals surface area (Å²) in [5.74, 6) is -0.0806. The molecule has 0 aliphatic heterocycles. The van der Waals surface area contributed by atoms with Crippen LogP contribution in [0.2, 0.25) is 0 Å². The summed E-state index contributed by atoms with van der Waals surface area (Å²) < 4.78 is 5.83. The second-order valence-corrected chi connectivity index (χ2v) is 7.40. The second-order valence-electron chi connectivity index (χ2n) is 7.40. The Labute approximate surface area is 176 Å². The summed E-state index contributed by atoms with van der Waals surface area (Å²) in [5, 5.41) is 10.4. The summed E-state index contributed by atoms with van der Waals surface area (Å²) in [6, 6.07) is 24.3. The number of nitrogens with one attached hydrogen (secondary N) is 1. The maximum absolute atomic E-state index is 11.6. The summed E-state index contributed by atoms with van der Waals surface area (Å²) >= 11 is 0. The maximum atomic E-state index is 11.6. The van der Waals surface area contributed by atoms with Crippen molar-refractivity contribution in [3.8, 4) is 28.1 Å². The molecule has 0 saturated heterocycles. The minimum absolute atomic E-state index is 0.0474. The lowest BCUT2D eigenvalue weighted by Gasteiger charge is -2.07. The number of aromatic nitrogens is 1. The molecule has 3 aromatic carbocycles. The average Bonchev–Trinajstić information content (AvgIpc) is 3.12. The van der Waals surface area contributed by atoms with Gasteiger partial charge >= 0.3 is 5.97 Å². The van der Waals surface area contributed by atoms with Crippen LogP contribution in [0.5, 0.6) is 5.75 Å². The number of aliphatic carboxylic acids is 1. The number of fused-ring (bicyclic) bond motifs is 1. The molecule has 0 bridgehead atoms. The Morgan fingerprint density at radius 1 is 0.933 bits per heavy atom. The zero-order valence-electron chi connectivity index (χ0n) is 17.0. The molecule has 0 spiro atoms. The highest BCUT2D eigenvalue weighted by Crippen LogP contribution is 2.34. The van der Waals surface area contributed by atoms with Crippen molar-refractivity contribution in [1.82, 2.24) is 4.98 Å². The monoisotopic (exact) mass is 399 g/mol. The van der Waals surface area contributed by atoms with Gasteiger partial charge in [0.1, 0.15) is 5.75 Å². The van der Waals surface area contributed by atoms with E-state index in [1.54, 1.807) is 0 Å². The van der Waals surface area contributed by atoms with E-state index in [0.29, 0.717) is 6.61 Å². The largest absolute Gasteiger partial charge is 0.494 e. The number of rotatable bonds is 8. The smallest absolute Gasteiger partial charge is 0.307 e. The van der Waals surface area contributed by atoms with Crippen molar-refractivity contribution < 1.29 is 14.6 Å². The molecule has 0 aliphatic carbocycles. The number of H-pyrrole nitrogens is 1. The zero-order chi connectivity index (χ0) is 20.9. The van der Waals surface area contributed by atoms with Gasteiger partial charge in [0.25, 0.3) is 0 Å². The fourth-order valence-electron chi connectivity index (χ4n) is 3.69. The van der Waals surface area contributed by atoms with Gasteiger partial charge in [0, 0.05) is 10.9 Å². The van der Waals surface area contributed by atoms with Crippen LogP contribution in [0.4, 0.5) is 0 Å². The number of carbonyl (C=O) groups is 1. The zero-order valence-corrected chi connectivity index (χ0v) is 17.0. The lowest BCUT2D eigenvalue weighted by Crippen LogP contribution is -2.01. The number of hydrogen-bond donors (Lipinski definition) is 2. The number of aromatic amines is 1. The van der Waals surface area contributed by atoms with Gasteiger partial charge in [0.15, 0.2) is 0 Å². The molecule has 0 unspecified atom stereocenters. The number of unbranched alkanes of at least 4 members (excludes halogenated alkanes) is 1. The Morgan fingerprint density at radius 3 is 2.33 bits per heavy atom. The summed E-state index contributed by atoms with van der Waals surface area (Å²) in [4.78, 5) is 15.0. The van der Waals surface area contributed by atoms with Crippen LogP contribution in [0.15, 0.2) is 72.8 Å². The van der Waals surface area contributed by atoms with Crippen molar-refractivity contribution in [2.45, 2.75) is 26.2 Å². The van der Waals surface area contributed by atoms with Crippen LogP contribution in [0.3, 0.4) is 0 Å². The molecule has 0 amide bonds. The predicted molar refractivity (Wildman–Crippen MR) is 121 cm³/mol. The first kappa shape index (κ1) is 19.8. The van der Waals surface area contributed by atoms with E-state index in [2.05, 4.69) is 36.2 Å². The topological polar surface area (TPSA) is 62.3 Å². The minimum Gasteiger partial charge on any atom is -0.494 e. The Hall–Kier alpha value is -3.53. The molecule has 4 aromatic rings.